The van der Waals surface area contributed by atoms with Gasteiger partial charge in [0.15, 0.2) is 0 Å². The highest BCUT2D eigenvalue weighted by molar-refractivity contribution is 9.10. The predicted molar refractivity (Wildman–Crippen MR) is 90.1 cm³/mol. The summed E-state index contributed by atoms with van der Waals surface area (Å²) in [4.78, 5) is 5.70. The molecule has 1 heterocycles. The maximum absolute atomic E-state index is 5.72. The zero-order valence-electron chi connectivity index (χ0n) is 12.1. The summed E-state index contributed by atoms with van der Waals surface area (Å²) in [5.41, 5.74) is 5.34. The minimum atomic E-state index is -0.0668. The van der Waals surface area contributed by atoms with Crippen molar-refractivity contribution in [3.05, 3.63) is 82.3 Å². The largest absolute Gasteiger partial charge is 0.375 e. The number of ether oxygens (including phenoxy) is 1. The molecule has 0 bridgehead atoms. The van der Waals surface area contributed by atoms with Crippen LogP contribution in [0.15, 0.2) is 71.2 Å². The molecular formula is C18H18BrNO2. The quantitative estimate of drug-likeness (QED) is 0.812. The third-order valence-electron chi connectivity index (χ3n) is 3.45. The third kappa shape index (κ3) is 4.27. The molecule has 0 amide bonds. The minimum Gasteiger partial charge on any atom is -0.375 e. The summed E-state index contributed by atoms with van der Waals surface area (Å²) in [6.07, 6.45) is 4.09. The molecule has 2 atom stereocenters. The van der Waals surface area contributed by atoms with Crippen molar-refractivity contribution in [2.24, 2.45) is 0 Å². The van der Waals surface area contributed by atoms with E-state index in [2.05, 4.69) is 51.8 Å². The number of benzene rings is 2. The molecule has 0 spiro atoms. The predicted octanol–water partition coefficient (Wildman–Crippen LogP) is 4.17. The van der Waals surface area contributed by atoms with Gasteiger partial charge < -0.3 is 4.74 Å². The molecule has 0 aromatic heterocycles. The molecule has 4 heteroatoms. The summed E-state index contributed by atoms with van der Waals surface area (Å²) in [5.74, 6) is 0. The average molecular weight is 360 g/mol. The Bertz CT molecular complexity index is 630. The SMILES string of the molecule is Brc1cccc([C@H]2C=C[C@@H](COCc3ccccc3)NO2)c1. The summed E-state index contributed by atoms with van der Waals surface area (Å²) in [7, 11) is 0. The van der Waals surface area contributed by atoms with Crippen molar-refractivity contribution in [1.82, 2.24) is 5.48 Å². The van der Waals surface area contributed by atoms with Gasteiger partial charge in [-0.3, -0.25) is 4.84 Å². The highest BCUT2D eigenvalue weighted by Gasteiger charge is 2.17. The fourth-order valence-electron chi connectivity index (χ4n) is 2.30. The second-order valence-corrected chi connectivity index (χ2v) is 6.12. The molecular weight excluding hydrogens is 342 g/mol. The van der Waals surface area contributed by atoms with Crippen LogP contribution in [0.1, 0.15) is 17.2 Å². The van der Waals surface area contributed by atoms with Crippen LogP contribution in [0.3, 0.4) is 0 Å². The normalized spacial score (nSPS) is 21.0. The van der Waals surface area contributed by atoms with Crippen molar-refractivity contribution in [3.8, 4) is 0 Å². The summed E-state index contributed by atoms with van der Waals surface area (Å²) in [5, 5.41) is 0. The summed E-state index contributed by atoms with van der Waals surface area (Å²) < 4.78 is 6.77. The van der Waals surface area contributed by atoms with Gasteiger partial charge in [0.25, 0.3) is 0 Å². The first-order valence-electron chi connectivity index (χ1n) is 7.28. The van der Waals surface area contributed by atoms with Crippen LogP contribution >= 0.6 is 15.9 Å². The third-order valence-corrected chi connectivity index (χ3v) is 3.94. The second kappa shape index (κ2) is 7.70. The second-order valence-electron chi connectivity index (χ2n) is 5.20. The monoisotopic (exact) mass is 359 g/mol. The average Bonchev–Trinajstić information content (AvgIpc) is 2.56. The fraction of sp³-hybridized carbons (Fsp3) is 0.222. The maximum atomic E-state index is 5.72. The first kappa shape index (κ1) is 15.4. The Kier molecular flexibility index (Phi) is 5.40. The first-order chi connectivity index (χ1) is 10.8. The molecule has 0 fully saturated rings. The van der Waals surface area contributed by atoms with Crippen LogP contribution < -0.4 is 5.48 Å². The lowest BCUT2D eigenvalue weighted by molar-refractivity contribution is -0.0430. The van der Waals surface area contributed by atoms with Gasteiger partial charge >= 0.3 is 0 Å². The Balaban J connectivity index is 1.49. The van der Waals surface area contributed by atoms with Gasteiger partial charge in [0.2, 0.25) is 0 Å². The van der Waals surface area contributed by atoms with Gasteiger partial charge in [0.1, 0.15) is 6.10 Å². The van der Waals surface area contributed by atoms with Gasteiger partial charge in [-0.1, -0.05) is 70.5 Å². The zero-order valence-corrected chi connectivity index (χ0v) is 13.7. The maximum Gasteiger partial charge on any atom is 0.122 e. The van der Waals surface area contributed by atoms with Crippen molar-refractivity contribution in [2.75, 3.05) is 6.61 Å². The molecule has 114 valence electrons. The Morgan fingerprint density at radius 3 is 2.64 bits per heavy atom. The lowest BCUT2D eigenvalue weighted by Crippen LogP contribution is -2.35. The van der Waals surface area contributed by atoms with Crippen LogP contribution in [-0.4, -0.2) is 12.6 Å². The minimum absolute atomic E-state index is 0.0668. The Morgan fingerprint density at radius 1 is 1.05 bits per heavy atom. The van der Waals surface area contributed by atoms with Crippen LogP contribution in [0.4, 0.5) is 0 Å². The summed E-state index contributed by atoms with van der Waals surface area (Å²) >= 11 is 3.48. The summed E-state index contributed by atoms with van der Waals surface area (Å²) in [6.45, 7) is 1.19. The molecule has 1 aliphatic heterocycles. The molecule has 0 saturated heterocycles. The molecule has 2 aromatic carbocycles. The van der Waals surface area contributed by atoms with E-state index in [1.54, 1.807) is 0 Å². The molecule has 22 heavy (non-hydrogen) atoms. The van der Waals surface area contributed by atoms with E-state index in [4.69, 9.17) is 9.57 Å². The van der Waals surface area contributed by atoms with Gasteiger partial charge in [0.05, 0.1) is 19.3 Å². The van der Waals surface area contributed by atoms with Crippen molar-refractivity contribution < 1.29 is 9.57 Å². The number of hydroxylamine groups is 1. The smallest absolute Gasteiger partial charge is 0.122 e. The van der Waals surface area contributed by atoms with Crippen molar-refractivity contribution >= 4 is 15.9 Å². The van der Waals surface area contributed by atoms with Crippen LogP contribution in [0, 0.1) is 0 Å². The fourth-order valence-corrected chi connectivity index (χ4v) is 2.72. The van der Waals surface area contributed by atoms with E-state index in [9.17, 15) is 0 Å². The molecule has 0 aliphatic carbocycles. The number of halogens is 1. The van der Waals surface area contributed by atoms with E-state index >= 15 is 0 Å². The van der Waals surface area contributed by atoms with Gasteiger partial charge in [-0.25, -0.2) is 0 Å². The van der Waals surface area contributed by atoms with Crippen molar-refractivity contribution in [1.29, 1.82) is 0 Å². The Labute approximate surface area is 139 Å². The van der Waals surface area contributed by atoms with Crippen LogP contribution in [0.25, 0.3) is 0 Å². The highest BCUT2D eigenvalue weighted by Crippen LogP contribution is 2.24. The van der Waals surface area contributed by atoms with Crippen LogP contribution in [0.2, 0.25) is 0 Å². The number of hydrogen-bond acceptors (Lipinski definition) is 3. The van der Waals surface area contributed by atoms with E-state index in [0.717, 1.165) is 10.0 Å². The van der Waals surface area contributed by atoms with E-state index in [1.165, 1.54) is 5.56 Å². The lowest BCUT2D eigenvalue weighted by atomic mass is 10.1. The van der Waals surface area contributed by atoms with Gasteiger partial charge in [-0.05, 0) is 23.3 Å². The molecule has 3 nitrogen and oxygen atoms in total. The highest BCUT2D eigenvalue weighted by atomic mass is 79.9. The van der Waals surface area contributed by atoms with Crippen LogP contribution in [0.5, 0.6) is 0 Å². The molecule has 1 aliphatic rings. The van der Waals surface area contributed by atoms with Crippen molar-refractivity contribution in [2.45, 2.75) is 18.8 Å². The van der Waals surface area contributed by atoms with Gasteiger partial charge in [-0.2, -0.15) is 5.48 Å². The molecule has 1 N–H and O–H groups in total. The molecule has 3 rings (SSSR count). The molecule has 0 saturated carbocycles. The lowest BCUT2D eigenvalue weighted by Gasteiger charge is -2.24. The topological polar surface area (TPSA) is 30.5 Å². The van der Waals surface area contributed by atoms with E-state index < -0.39 is 0 Å². The standard InChI is InChI=1S/C18H18BrNO2/c19-16-8-4-7-15(11-16)18-10-9-17(20-22-18)13-21-12-14-5-2-1-3-6-14/h1-11,17-18,20H,12-13H2/t17-,18+/m0/s1. The number of hydrogen-bond donors (Lipinski definition) is 1. The van der Waals surface area contributed by atoms with Gasteiger partial charge in [-0.15, -0.1) is 0 Å². The molecule has 0 radical (unpaired) electrons. The Hall–Kier alpha value is -1.46. The molecule has 0 unspecified atom stereocenters. The van der Waals surface area contributed by atoms with Crippen molar-refractivity contribution in [3.63, 3.8) is 0 Å². The number of nitrogens with one attached hydrogen (secondary N) is 1. The molecule has 2 aromatic rings. The van der Waals surface area contributed by atoms with E-state index in [1.807, 2.05) is 36.4 Å². The first-order valence-corrected chi connectivity index (χ1v) is 8.07. The Morgan fingerprint density at radius 2 is 1.91 bits per heavy atom. The van der Waals surface area contributed by atoms with E-state index in [-0.39, 0.29) is 12.1 Å². The van der Waals surface area contributed by atoms with Crippen LogP contribution in [-0.2, 0) is 16.2 Å². The zero-order chi connectivity index (χ0) is 15.2. The van der Waals surface area contributed by atoms with Gasteiger partial charge in [0, 0.05) is 4.47 Å². The van der Waals surface area contributed by atoms with E-state index in [0.29, 0.717) is 13.2 Å². The summed E-state index contributed by atoms with van der Waals surface area (Å²) in [6, 6.07) is 18.4. The number of rotatable bonds is 5.